The number of fused-ring (bicyclic) bond motifs is 1. The van der Waals surface area contributed by atoms with Gasteiger partial charge in [0.05, 0.1) is 34.1 Å². The molecule has 1 N–H and O–H groups in total. The van der Waals surface area contributed by atoms with Gasteiger partial charge < -0.3 is 38.3 Å². The molecule has 1 saturated carbocycles. The lowest BCUT2D eigenvalue weighted by atomic mass is 9.94. The molecule has 0 bridgehead atoms. The van der Waals surface area contributed by atoms with Gasteiger partial charge >= 0.3 is 0 Å². The lowest BCUT2D eigenvalue weighted by Crippen LogP contribution is -2.52. The van der Waals surface area contributed by atoms with Crippen LogP contribution < -0.4 is 29.0 Å². The van der Waals surface area contributed by atoms with E-state index < -0.39 is 18.1 Å². The molecule has 1 aromatic heterocycles. The fraction of sp³-hybridized carbons (Fsp3) is 0.419. The lowest BCUT2D eigenvalue weighted by molar-refractivity contribution is -0.149. The highest BCUT2D eigenvalue weighted by atomic mass is 16.6. The summed E-state index contributed by atoms with van der Waals surface area (Å²) in [6.07, 6.45) is 5.55. The molecule has 2 amide bonds. The average molecular weight is 565 g/mol. The van der Waals surface area contributed by atoms with E-state index in [0.717, 1.165) is 32.1 Å². The first-order valence-corrected chi connectivity index (χ1v) is 13.8. The van der Waals surface area contributed by atoms with Gasteiger partial charge in [-0.05, 0) is 54.8 Å². The highest BCUT2D eigenvalue weighted by Crippen LogP contribution is 2.42. The fourth-order valence-electron chi connectivity index (χ4n) is 5.45. The monoisotopic (exact) mass is 564 g/mol. The third kappa shape index (κ3) is 6.21. The van der Waals surface area contributed by atoms with Crippen molar-refractivity contribution in [3.63, 3.8) is 0 Å². The maximum Gasteiger partial charge on any atom is 0.268 e. The van der Waals surface area contributed by atoms with E-state index >= 15 is 0 Å². The second-order valence-corrected chi connectivity index (χ2v) is 10.1. The molecule has 2 aromatic carbocycles. The van der Waals surface area contributed by atoms with Crippen molar-refractivity contribution in [3.05, 3.63) is 66.1 Å². The van der Waals surface area contributed by atoms with Crippen LogP contribution in [-0.2, 0) is 16.1 Å². The standard InChI is InChI=1S/C31H36N2O8/c1-36-25-16-20(17-26(37-2)29(25)38-3)28(30(34)32-21-10-5-4-6-11-21)33(18-22-12-9-15-39-22)31(35)27-19-40-23-13-7-8-14-24(23)41-27/h7-9,12-17,21,27-28H,4-6,10-11,18-19H2,1-3H3,(H,32,34)/t27-,28-/m0/s1. The van der Waals surface area contributed by atoms with Gasteiger partial charge in [-0.15, -0.1) is 0 Å². The van der Waals surface area contributed by atoms with Crippen molar-refractivity contribution in [2.24, 2.45) is 0 Å². The SMILES string of the molecule is COc1cc([C@@H](C(=O)NC2CCCCC2)N(Cc2ccco2)C(=O)[C@@H]2COc3ccccc3O2)cc(OC)c1OC. The summed E-state index contributed by atoms with van der Waals surface area (Å²) >= 11 is 0. The molecular weight excluding hydrogens is 528 g/mol. The van der Waals surface area contributed by atoms with Crippen LogP contribution in [0.4, 0.5) is 0 Å². The van der Waals surface area contributed by atoms with Crippen LogP contribution in [0.3, 0.4) is 0 Å². The molecule has 218 valence electrons. The maximum atomic E-state index is 14.3. The number of amides is 2. The van der Waals surface area contributed by atoms with Gasteiger partial charge in [-0.25, -0.2) is 0 Å². The molecule has 1 aliphatic carbocycles. The molecule has 41 heavy (non-hydrogen) atoms. The van der Waals surface area contributed by atoms with E-state index in [9.17, 15) is 9.59 Å². The molecule has 1 aliphatic heterocycles. The first-order chi connectivity index (χ1) is 20.0. The van der Waals surface area contributed by atoms with E-state index in [0.29, 0.717) is 40.1 Å². The van der Waals surface area contributed by atoms with Gasteiger partial charge in [0, 0.05) is 6.04 Å². The molecular formula is C31H36N2O8. The summed E-state index contributed by atoms with van der Waals surface area (Å²) in [5.41, 5.74) is 0.491. The molecule has 10 heteroatoms. The molecule has 5 rings (SSSR count). The Bertz CT molecular complexity index is 1310. The predicted octanol–water partition coefficient (Wildman–Crippen LogP) is 4.66. The Hall–Kier alpha value is -4.34. The van der Waals surface area contributed by atoms with Gasteiger partial charge in [0.15, 0.2) is 23.0 Å². The minimum absolute atomic E-state index is 0.00325. The van der Waals surface area contributed by atoms with Gasteiger partial charge in [0.2, 0.25) is 17.8 Å². The Kier molecular flexibility index (Phi) is 8.86. The summed E-state index contributed by atoms with van der Waals surface area (Å²) in [5, 5.41) is 3.21. The van der Waals surface area contributed by atoms with Gasteiger partial charge in [-0.1, -0.05) is 31.4 Å². The van der Waals surface area contributed by atoms with Gasteiger partial charge in [0.1, 0.15) is 18.4 Å². The van der Waals surface area contributed by atoms with Crippen molar-refractivity contribution in [1.29, 1.82) is 0 Å². The first kappa shape index (κ1) is 28.2. The van der Waals surface area contributed by atoms with Crippen LogP contribution in [0, 0.1) is 0 Å². The number of carbonyl (C=O) groups excluding carboxylic acids is 2. The van der Waals surface area contributed by atoms with Crippen LogP contribution in [-0.4, -0.2) is 56.8 Å². The van der Waals surface area contributed by atoms with Crippen molar-refractivity contribution in [3.8, 4) is 28.7 Å². The second kappa shape index (κ2) is 12.9. The van der Waals surface area contributed by atoms with E-state index in [1.165, 1.54) is 32.5 Å². The fourth-order valence-corrected chi connectivity index (χ4v) is 5.45. The molecule has 0 radical (unpaired) electrons. The number of hydrogen-bond donors (Lipinski definition) is 1. The highest BCUT2D eigenvalue weighted by molar-refractivity contribution is 5.91. The molecule has 2 atom stereocenters. The van der Waals surface area contributed by atoms with Crippen molar-refractivity contribution in [2.45, 2.75) is 56.8 Å². The van der Waals surface area contributed by atoms with Crippen molar-refractivity contribution in [1.82, 2.24) is 10.2 Å². The number of para-hydroxylation sites is 2. The van der Waals surface area contributed by atoms with Gasteiger partial charge in [0.25, 0.3) is 5.91 Å². The summed E-state index contributed by atoms with van der Waals surface area (Å²) in [5.74, 6) is 1.92. The van der Waals surface area contributed by atoms with Crippen LogP contribution >= 0.6 is 0 Å². The Morgan fingerprint density at radius 2 is 1.66 bits per heavy atom. The molecule has 10 nitrogen and oxygen atoms in total. The third-order valence-corrected chi connectivity index (χ3v) is 7.49. The van der Waals surface area contributed by atoms with Crippen molar-refractivity contribution >= 4 is 11.8 Å². The average Bonchev–Trinajstić information content (AvgIpc) is 3.53. The zero-order valence-electron chi connectivity index (χ0n) is 23.6. The number of furan rings is 1. The smallest absolute Gasteiger partial charge is 0.268 e. The molecule has 2 heterocycles. The number of ether oxygens (including phenoxy) is 5. The van der Waals surface area contributed by atoms with Crippen molar-refractivity contribution in [2.75, 3.05) is 27.9 Å². The minimum atomic E-state index is -1.07. The summed E-state index contributed by atoms with van der Waals surface area (Å²) in [6, 6.07) is 13.0. The third-order valence-electron chi connectivity index (χ3n) is 7.49. The van der Waals surface area contributed by atoms with E-state index in [4.69, 9.17) is 28.1 Å². The normalized spacial score (nSPS) is 17.3. The maximum absolute atomic E-state index is 14.3. The zero-order valence-corrected chi connectivity index (χ0v) is 23.6. The Labute approximate surface area is 239 Å². The van der Waals surface area contributed by atoms with Crippen LogP contribution in [0.1, 0.15) is 49.5 Å². The number of nitrogens with one attached hydrogen (secondary N) is 1. The number of methoxy groups -OCH3 is 3. The van der Waals surface area contributed by atoms with E-state index in [1.807, 2.05) is 12.1 Å². The largest absolute Gasteiger partial charge is 0.493 e. The molecule has 2 aliphatic rings. The van der Waals surface area contributed by atoms with Gasteiger partial charge in [-0.3, -0.25) is 9.59 Å². The topological polar surface area (TPSA) is 109 Å². The predicted molar refractivity (Wildman–Crippen MR) is 149 cm³/mol. The molecule has 3 aromatic rings. The first-order valence-electron chi connectivity index (χ1n) is 13.8. The number of benzene rings is 2. The summed E-state index contributed by atoms with van der Waals surface area (Å²) in [6.45, 7) is 0.0173. The zero-order chi connectivity index (χ0) is 28.8. The number of hydrogen-bond acceptors (Lipinski definition) is 8. The Balaban J connectivity index is 1.57. The van der Waals surface area contributed by atoms with Crippen LogP contribution in [0.2, 0.25) is 0 Å². The summed E-state index contributed by atoms with van der Waals surface area (Å²) in [7, 11) is 4.53. The van der Waals surface area contributed by atoms with E-state index in [2.05, 4.69) is 5.32 Å². The second-order valence-electron chi connectivity index (χ2n) is 10.1. The van der Waals surface area contributed by atoms with Crippen LogP contribution in [0.25, 0.3) is 0 Å². The van der Waals surface area contributed by atoms with Gasteiger partial charge in [-0.2, -0.15) is 0 Å². The number of rotatable bonds is 10. The summed E-state index contributed by atoms with van der Waals surface area (Å²) < 4.78 is 34.3. The van der Waals surface area contributed by atoms with Crippen molar-refractivity contribution < 1.29 is 37.7 Å². The lowest BCUT2D eigenvalue weighted by Gasteiger charge is -2.36. The van der Waals surface area contributed by atoms with E-state index in [-0.39, 0.29) is 25.1 Å². The van der Waals surface area contributed by atoms with Crippen LogP contribution in [0.15, 0.2) is 59.2 Å². The highest BCUT2D eigenvalue weighted by Gasteiger charge is 2.40. The molecule has 0 unspecified atom stereocenters. The van der Waals surface area contributed by atoms with Crippen LogP contribution in [0.5, 0.6) is 28.7 Å². The molecule has 0 spiro atoms. The Morgan fingerprint density at radius 3 is 2.29 bits per heavy atom. The molecule has 1 fully saturated rings. The molecule has 0 saturated heterocycles. The number of carbonyl (C=O) groups is 2. The minimum Gasteiger partial charge on any atom is -0.493 e. The Morgan fingerprint density at radius 1 is 0.951 bits per heavy atom. The quantitative estimate of drug-likeness (QED) is 0.379. The van der Waals surface area contributed by atoms with E-state index in [1.54, 1.807) is 36.4 Å². The summed E-state index contributed by atoms with van der Waals surface area (Å²) in [4.78, 5) is 30.0. The number of nitrogens with zero attached hydrogens (tertiary/aromatic N) is 1.